The summed E-state index contributed by atoms with van der Waals surface area (Å²) in [7, 11) is 0. The normalized spacial score (nSPS) is 11.8. The maximum Gasteiger partial charge on any atom is 0.416 e. The maximum absolute atomic E-state index is 12.5. The summed E-state index contributed by atoms with van der Waals surface area (Å²) in [6, 6.07) is 10.2. The van der Waals surface area contributed by atoms with Crippen molar-refractivity contribution in [2.75, 3.05) is 0 Å². The van der Waals surface area contributed by atoms with Gasteiger partial charge in [0.15, 0.2) is 0 Å². The summed E-state index contributed by atoms with van der Waals surface area (Å²) < 4.78 is 42.8. The molecule has 0 amide bonds. The van der Waals surface area contributed by atoms with Crippen molar-refractivity contribution in [3.63, 3.8) is 0 Å². The van der Waals surface area contributed by atoms with Crippen LogP contribution in [-0.2, 0) is 11.9 Å². The van der Waals surface area contributed by atoms with Crippen molar-refractivity contribution in [3.05, 3.63) is 69.6 Å². The molecule has 0 saturated heterocycles. The average Bonchev–Trinajstić information content (AvgIpc) is 2.52. The highest BCUT2D eigenvalue weighted by molar-refractivity contribution is 7.98. The van der Waals surface area contributed by atoms with Gasteiger partial charge in [-0.25, -0.2) is 9.78 Å². The molecule has 0 bridgehead atoms. The smallest absolute Gasteiger partial charge is 0.397 e. The Bertz CT molecular complexity index is 933. The van der Waals surface area contributed by atoms with Gasteiger partial charge in [-0.3, -0.25) is 0 Å². The Labute approximate surface area is 139 Å². The Balaban J connectivity index is 1.80. The van der Waals surface area contributed by atoms with Crippen LogP contribution in [0.2, 0.25) is 0 Å². The molecule has 0 aliphatic heterocycles. The lowest BCUT2D eigenvalue weighted by atomic mass is 10.1. The fraction of sp³-hybridized carbons (Fsp3) is 0.176. The summed E-state index contributed by atoms with van der Waals surface area (Å²) in [5.41, 5.74) is 0.853. The van der Waals surface area contributed by atoms with E-state index in [-0.39, 0.29) is 5.22 Å². The summed E-state index contributed by atoms with van der Waals surface area (Å²) >= 11 is 1.16. The minimum absolute atomic E-state index is 0.193. The zero-order chi connectivity index (χ0) is 17.3. The third kappa shape index (κ3) is 3.46. The van der Waals surface area contributed by atoms with Crippen LogP contribution in [0.25, 0.3) is 10.9 Å². The summed E-state index contributed by atoms with van der Waals surface area (Å²) in [5.74, 6) is 0.353. The molecule has 0 atom stereocenters. The van der Waals surface area contributed by atoms with Crippen molar-refractivity contribution in [2.24, 2.45) is 0 Å². The summed E-state index contributed by atoms with van der Waals surface area (Å²) in [6.07, 6.45) is -4.35. The third-order valence-electron chi connectivity index (χ3n) is 3.49. The zero-order valence-electron chi connectivity index (χ0n) is 12.6. The van der Waals surface area contributed by atoms with E-state index in [4.69, 9.17) is 4.42 Å². The summed E-state index contributed by atoms with van der Waals surface area (Å²) in [5, 5.41) is 0.634. The number of hydrogen-bond donors (Lipinski definition) is 0. The van der Waals surface area contributed by atoms with E-state index in [9.17, 15) is 18.0 Å². The fourth-order valence-corrected chi connectivity index (χ4v) is 3.04. The number of fused-ring (bicyclic) bond motifs is 1. The van der Waals surface area contributed by atoms with E-state index >= 15 is 0 Å². The van der Waals surface area contributed by atoms with Crippen LogP contribution in [0.4, 0.5) is 13.2 Å². The number of hydrogen-bond acceptors (Lipinski definition) is 4. The molecule has 1 aromatic heterocycles. The highest BCUT2D eigenvalue weighted by Gasteiger charge is 2.29. The van der Waals surface area contributed by atoms with Crippen LogP contribution in [0.1, 0.15) is 16.7 Å². The van der Waals surface area contributed by atoms with Crippen LogP contribution in [0.15, 0.2) is 56.9 Å². The van der Waals surface area contributed by atoms with E-state index in [0.29, 0.717) is 22.2 Å². The fourth-order valence-electron chi connectivity index (χ4n) is 2.26. The summed E-state index contributed by atoms with van der Waals surface area (Å²) in [4.78, 5) is 16.3. The first kappa shape index (κ1) is 16.6. The highest BCUT2D eigenvalue weighted by Crippen LogP contribution is 2.30. The van der Waals surface area contributed by atoms with Crippen LogP contribution in [0.5, 0.6) is 0 Å². The number of nitrogens with zero attached hydrogens (tertiary/aromatic N) is 1. The van der Waals surface area contributed by atoms with Gasteiger partial charge in [0.2, 0.25) is 0 Å². The quantitative estimate of drug-likeness (QED) is 0.635. The molecule has 0 fully saturated rings. The molecule has 0 unspecified atom stereocenters. The van der Waals surface area contributed by atoms with Crippen LogP contribution in [-0.4, -0.2) is 4.98 Å². The average molecular weight is 351 g/mol. The lowest BCUT2D eigenvalue weighted by molar-refractivity contribution is -0.137. The molecule has 0 aliphatic carbocycles. The van der Waals surface area contributed by atoms with Gasteiger partial charge in [0.05, 0.1) is 16.5 Å². The lowest BCUT2D eigenvalue weighted by Crippen LogP contribution is -2.05. The minimum atomic E-state index is -4.35. The van der Waals surface area contributed by atoms with E-state index in [1.165, 1.54) is 12.1 Å². The Hall–Kier alpha value is -2.28. The van der Waals surface area contributed by atoms with Crippen LogP contribution in [0, 0.1) is 6.92 Å². The van der Waals surface area contributed by atoms with E-state index in [1.807, 2.05) is 0 Å². The Morgan fingerprint density at radius 2 is 1.83 bits per heavy atom. The van der Waals surface area contributed by atoms with Gasteiger partial charge in [0.25, 0.3) is 5.22 Å². The number of benzene rings is 2. The molecule has 3 nitrogen and oxygen atoms in total. The van der Waals surface area contributed by atoms with Crippen LogP contribution in [0.3, 0.4) is 0 Å². The first-order chi connectivity index (χ1) is 11.3. The van der Waals surface area contributed by atoms with Gasteiger partial charge in [-0.2, -0.15) is 13.2 Å². The van der Waals surface area contributed by atoms with Crippen LogP contribution < -0.4 is 5.63 Å². The number of alkyl halides is 3. The molecule has 3 rings (SSSR count). The number of rotatable bonds is 3. The van der Waals surface area contributed by atoms with Crippen LogP contribution >= 0.6 is 11.8 Å². The second-order valence-corrected chi connectivity index (χ2v) is 6.15. The van der Waals surface area contributed by atoms with Gasteiger partial charge in [-0.15, -0.1) is 0 Å². The van der Waals surface area contributed by atoms with Crippen molar-refractivity contribution < 1.29 is 17.6 Å². The van der Waals surface area contributed by atoms with Gasteiger partial charge in [0.1, 0.15) is 0 Å². The van der Waals surface area contributed by atoms with Crippen molar-refractivity contribution in [1.82, 2.24) is 4.98 Å². The molecule has 0 saturated carbocycles. The van der Waals surface area contributed by atoms with Crippen molar-refractivity contribution in [2.45, 2.75) is 24.1 Å². The number of halogens is 3. The molecule has 0 spiro atoms. The molecule has 0 aliphatic rings. The van der Waals surface area contributed by atoms with Gasteiger partial charge < -0.3 is 4.42 Å². The highest BCUT2D eigenvalue weighted by atomic mass is 32.2. The molecular formula is C17H12F3NO2S. The minimum Gasteiger partial charge on any atom is -0.397 e. The standard InChI is InChI=1S/C17H12F3NO2S/c1-10-3-2-4-13-14(10)15(22)23-16(21-13)24-9-11-5-7-12(8-6-11)17(18,19)20/h2-8H,9H2,1H3. The predicted octanol–water partition coefficient (Wildman–Crippen LogP) is 4.81. The SMILES string of the molecule is Cc1cccc2nc(SCc3ccc(C(F)(F)F)cc3)oc(=O)c12. The number of aromatic nitrogens is 1. The molecule has 3 aromatic rings. The topological polar surface area (TPSA) is 43.1 Å². The van der Waals surface area contributed by atoms with Gasteiger partial charge in [-0.05, 0) is 36.2 Å². The molecule has 0 radical (unpaired) electrons. The monoisotopic (exact) mass is 351 g/mol. The van der Waals surface area contributed by atoms with E-state index in [1.54, 1.807) is 25.1 Å². The number of aryl methyl sites for hydroxylation is 1. The Kier molecular flexibility index (Phi) is 4.36. The molecule has 124 valence electrons. The van der Waals surface area contributed by atoms with Crippen molar-refractivity contribution in [1.29, 1.82) is 0 Å². The van der Waals surface area contributed by atoms with Gasteiger partial charge in [-0.1, -0.05) is 36.0 Å². The van der Waals surface area contributed by atoms with Gasteiger partial charge in [0, 0.05) is 5.75 Å². The first-order valence-corrected chi connectivity index (χ1v) is 8.02. The third-order valence-corrected chi connectivity index (χ3v) is 4.39. The maximum atomic E-state index is 12.5. The molecule has 2 aromatic carbocycles. The Morgan fingerprint density at radius 3 is 2.50 bits per heavy atom. The molecule has 1 heterocycles. The second kappa shape index (κ2) is 6.32. The lowest BCUT2D eigenvalue weighted by Gasteiger charge is -2.07. The van der Waals surface area contributed by atoms with Gasteiger partial charge >= 0.3 is 11.8 Å². The Morgan fingerprint density at radius 1 is 1.12 bits per heavy atom. The van der Waals surface area contributed by atoms with Crippen molar-refractivity contribution in [3.8, 4) is 0 Å². The zero-order valence-corrected chi connectivity index (χ0v) is 13.4. The molecular weight excluding hydrogens is 339 g/mol. The number of thioether (sulfide) groups is 1. The molecule has 24 heavy (non-hydrogen) atoms. The van der Waals surface area contributed by atoms with Crippen molar-refractivity contribution >= 4 is 22.7 Å². The van der Waals surface area contributed by atoms with E-state index in [2.05, 4.69) is 4.98 Å². The molecule has 7 heteroatoms. The summed E-state index contributed by atoms with van der Waals surface area (Å²) in [6.45, 7) is 1.80. The predicted molar refractivity (Wildman–Crippen MR) is 86.0 cm³/mol. The van der Waals surface area contributed by atoms with E-state index in [0.717, 1.165) is 29.5 Å². The largest absolute Gasteiger partial charge is 0.416 e. The second-order valence-electron chi connectivity index (χ2n) is 5.22. The molecule has 0 N–H and O–H groups in total. The van der Waals surface area contributed by atoms with E-state index < -0.39 is 17.4 Å². The first-order valence-electron chi connectivity index (χ1n) is 7.04.